The van der Waals surface area contributed by atoms with Crippen molar-refractivity contribution in [3.63, 3.8) is 0 Å². The van der Waals surface area contributed by atoms with Crippen molar-refractivity contribution < 1.29 is 9.59 Å². The van der Waals surface area contributed by atoms with Gasteiger partial charge in [0.2, 0.25) is 0 Å². The van der Waals surface area contributed by atoms with Crippen LogP contribution in [0.15, 0.2) is 105 Å². The first-order valence-electron chi connectivity index (χ1n) is 11.9. The van der Waals surface area contributed by atoms with Gasteiger partial charge in [-0.2, -0.15) is 0 Å². The van der Waals surface area contributed by atoms with E-state index >= 15 is 0 Å². The zero-order chi connectivity index (χ0) is 26.2. The van der Waals surface area contributed by atoms with E-state index in [9.17, 15) is 9.59 Å². The van der Waals surface area contributed by atoms with Gasteiger partial charge in [-0.1, -0.05) is 59.9 Å². The normalized spacial score (nSPS) is 10.4. The van der Waals surface area contributed by atoms with Gasteiger partial charge in [-0.15, -0.1) is 0 Å². The third-order valence-corrected chi connectivity index (χ3v) is 7.63. The maximum atomic E-state index is 11.5. The van der Waals surface area contributed by atoms with Crippen LogP contribution in [0.2, 0.25) is 0 Å². The summed E-state index contributed by atoms with van der Waals surface area (Å²) in [6, 6.07) is 28.9. The molecule has 0 radical (unpaired) electrons. The Bertz CT molecular complexity index is 1210. The number of benzene rings is 4. The Morgan fingerprint density at radius 2 is 0.750 bits per heavy atom. The van der Waals surface area contributed by atoms with Crippen LogP contribution >= 0.6 is 23.5 Å². The molecule has 0 aliphatic heterocycles. The minimum Gasteiger partial charge on any atom is -0.294 e. The molecule has 0 aliphatic rings. The molecule has 0 amide bonds. The van der Waals surface area contributed by atoms with Crippen molar-refractivity contribution in [2.75, 3.05) is 0 Å². The number of Topliss-reactive ketones (excluding diaryl/α,β-unsaturated/α-hetero) is 2. The fourth-order valence-corrected chi connectivity index (χ4v) is 6.40. The molecule has 4 aromatic rings. The molecule has 4 heteroatoms. The molecule has 0 fully saturated rings. The molecule has 184 valence electrons. The molecule has 0 aromatic heterocycles. The standard InChI is InChI=1S/2C16H16OS/c2*1-11-9-15(10-12(2)16(11)13(3)17)18-14-7-5-4-6-8-14/h2*4-10H,1-3H3. The quantitative estimate of drug-likeness (QED) is 0.241. The zero-order valence-electron chi connectivity index (χ0n) is 21.7. The van der Waals surface area contributed by atoms with Gasteiger partial charge in [-0.05, 0) is 112 Å². The summed E-state index contributed by atoms with van der Waals surface area (Å²) in [5.41, 5.74) is 5.93. The summed E-state index contributed by atoms with van der Waals surface area (Å²) in [5, 5.41) is 0. The lowest BCUT2D eigenvalue weighted by molar-refractivity contribution is 0.100. The fourth-order valence-electron chi connectivity index (χ4n) is 4.33. The highest BCUT2D eigenvalue weighted by atomic mass is 32.2. The van der Waals surface area contributed by atoms with E-state index in [1.54, 1.807) is 37.4 Å². The van der Waals surface area contributed by atoms with E-state index in [1.807, 2.05) is 64.1 Å². The second kappa shape index (κ2) is 12.8. The van der Waals surface area contributed by atoms with Gasteiger partial charge in [0.05, 0.1) is 0 Å². The Labute approximate surface area is 223 Å². The lowest BCUT2D eigenvalue weighted by Crippen LogP contribution is -2.00. The van der Waals surface area contributed by atoms with Crippen molar-refractivity contribution >= 4 is 35.1 Å². The highest BCUT2D eigenvalue weighted by Gasteiger charge is 2.11. The summed E-state index contributed by atoms with van der Waals surface area (Å²) in [5.74, 6) is 0.280. The Balaban J connectivity index is 0.000000201. The summed E-state index contributed by atoms with van der Waals surface area (Å²) in [4.78, 5) is 27.9. The molecule has 4 aromatic carbocycles. The number of rotatable bonds is 6. The number of hydrogen-bond acceptors (Lipinski definition) is 4. The third-order valence-electron chi connectivity index (χ3n) is 5.67. The molecule has 0 atom stereocenters. The minimum absolute atomic E-state index is 0.140. The van der Waals surface area contributed by atoms with Crippen molar-refractivity contribution in [3.05, 3.63) is 118 Å². The van der Waals surface area contributed by atoms with E-state index in [-0.39, 0.29) is 11.6 Å². The van der Waals surface area contributed by atoms with Gasteiger partial charge in [0.15, 0.2) is 11.6 Å². The highest BCUT2D eigenvalue weighted by Crippen LogP contribution is 2.31. The third kappa shape index (κ3) is 7.46. The van der Waals surface area contributed by atoms with E-state index in [1.165, 1.54) is 19.6 Å². The maximum absolute atomic E-state index is 11.5. The molecule has 0 saturated heterocycles. The maximum Gasteiger partial charge on any atom is 0.160 e. The average molecular weight is 513 g/mol. The molecule has 36 heavy (non-hydrogen) atoms. The van der Waals surface area contributed by atoms with Crippen molar-refractivity contribution in [1.29, 1.82) is 0 Å². The van der Waals surface area contributed by atoms with Gasteiger partial charge in [-0.25, -0.2) is 0 Å². The molecule has 0 unspecified atom stereocenters. The van der Waals surface area contributed by atoms with E-state index in [2.05, 4.69) is 48.5 Å². The number of carbonyl (C=O) groups excluding carboxylic acids is 2. The highest BCUT2D eigenvalue weighted by molar-refractivity contribution is 7.99. The molecule has 0 bridgehead atoms. The average Bonchev–Trinajstić information content (AvgIpc) is 2.79. The van der Waals surface area contributed by atoms with Gasteiger partial charge in [-0.3, -0.25) is 9.59 Å². The molecule has 0 heterocycles. The van der Waals surface area contributed by atoms with Gasteiger partial charge >= 0.3 is 0 Å². The molecular weight excluding hydrogens is 480 g/mol. The first kappa shape index (κ1) is 27.5. The molecule has 2 nitrogen and oxygen atoms in total. The van der Waals surface area contributed by atoms with E-state index in [0.717, 1.165) is 33.4 Å². The first-order valence-corrected chi connectivity index (χ1v) is 13.5. The largest absolute Gasteiger partial charge is 0.294 e. The molecule has 0 aliphatic carbocycles. The van der Waals surface area contributed by atoms with E-state index in [4.69, 9.17) is 0 Å². The molecule has 0 N–H and O–H groups in total. The number of carbonyl (C=O) groups is 2. The van der Waals surface area contributed by atoms with Crippen LogP contribution in [-0.2, 0) is 0 Å². The van der Waals surface area contributed by atoms with Gasteiger partial charge < -0.3 is 0 Å². The predicted molar refractivity (Wildman–Crippen MR) is 153 cm³/mol. The van der Waals surface area contributed by atoms with Gasteiger partial charge in [0, 0.05) is 30.7 Å². The van der Waals surface area contributed by atoms with Gasteiger partial charge in [0.1, 0.15) is 0 Å². The monoisotopic (exact) mass is 512 g/mol. The van der Waals surface area contributed by atoms with E-state index in [0.29, 0.717) is 0 Å². The lowest BCUT2D eigenvalue weighted by Gasteiger charge is -2.10. The Kier molecular flexibility index (Phi) is 9.74. The molecule has 0 saturated carbocycles. The molecule has 4 rings (SSSR count). The predicted octanol–water partition coefficient (Wildman–Crippen LogP) is 9.31. The zero-order valence-corrected chi connectivity index (χ0v) is 23.3. The van der Waals surface area contributed by atoms with Crippen LogP contribution in [0.1, 0.15) is 56.8 Å². The molecular formula is C32H32O2S2. The van der Waals surface area contributed by atoms with Crippen molar-refractivity contribution in [2.24, 2.45) is 0 Å². The number of ketones is 2. The summed E-state index contributed by atoms with van der Waals surface area (Å²) in [7, 11) is 0. The van der Waals surface area contributed by atoms with Crippen molar-refractivity contribution in [1.82, 2.24) is 0 Å². The van der Waals surface area contributed by atoms with E-state index < -0.39 is 0 Å². The summed E-state index contributed by atoms with van der Waals surface area (Å²) >= 11 is 3.45. The fraction of sp³-hybridized carbons (Fsp3) is 0.188. The Morgan fingerprint density at radius 3 is 1.00 bits per heavy atom. The SMILES string of the molecule is CC(=O)c1c(C)cc(Sc2ccccc2)cc1C.CC(=O)c1c(C)cc(Sc2ccccc2)cc1C. The van der Waals surface area contributed by atoms with Crippen LogP contribution in [0.4, 0.5) is 0 Å². The molecule has 0 spiro atoms. The number of hydrogen-bond donors (Lipinski definition) is 0. The second-order valence-electron chi connectivity index (χ2n) is 8.81. The van der Waals surface area contributed by atoms with Crippen LogP contribution in [0, 0.1) is 27.7 Å². The first-order chi connectivity index (χ1) is 17.2. The van der Waals surface area contributed by atoms with Crippen LogP contribution in [0.5, 0.6) is 0 Å². The summed E-state index contributed by atoms with van der Waals surface area (Å²) < 4.78 is 0. The van der Waals surface area contributed by atoms with Crippen LogP contribution in [0.3, 0.4) is 0 Å². The second-order valence-corrected chi connectivity index (χ2v) is 11.1. The smallest absolute Gasteiger partial charge is 0.160 e. The van der Waals surface area contributed by atoms with Crippen LogP contribution in [-0.4, -0.2) is 11.6 Å². The number of aryl methyl sites for hydroxylation is 4. The van der Waals surface area contributed by atoms with Crippen molar-refractivity contribution in [3.8, 4) is 0 Å². The van der Waals surface area contributed by atoms with Crippen LogP contribution < -0.4 is 0 Å². The Hall–Kier alpha value is -3.08. The van der Waals surface area contributed by atoms with Crippen molar-refractivity contribution in [2.45, 2.75) is 61.1 Å². The lowest BCUT2D eigenvalue weighted by atomic mass is 10.0. The summed E-state index contributed by atoms with van der Waals surface area (Å²) in [6.45, 7) is 11.2. The minimum atomic E-state index is 0.140. The summed E-state index contributed by atoms with van der Waals surface area (Å²) in [6.07, 6.45) is 0. The van der Waals surface area contributed by atoms with Gasteiger partial charge in [0.25, 0.3) is 0 Å². The Morgan fingerprint density at radius 1 is 0.472 bits per heavy atom. The topological polar surface area (TPSA) is 34.1 Å². The van der Waals surface area contributed by atoms with Crippen LogP contribution in [0.25, 0.3) is 0 Å².